The van der Waals surface area contributed by atoms with Crippen LogP contribution in [0, 0.1) is 0 Å². The van der Waals surface area contributed by atoms with Crippen molar-refractivity contribution >= 4 is 11.6 Å². The Morgan fingerprint density at radius 1 is 1.48 bits per heavy atom. The highest BCUT2D eigenvalue weighted by Gasteiger charge is 2.19. The van der Waals surface area contributed by atoms with Crippen molar-refractivity contribution in [2.24, 2.45) is 7.05 Å². The first-order chi connectivity index (χ1) is 9.88. The average molecular weight is 300 g/mol. The van der Waals surface area contributed by atoms with Gasteiger partial charge in [0, 0.05) is 19.0 Å². The number of nitrogens with zero attached hydrogens (tertiary/aromatic N) is 3. The van der Waals surface area contributed by atoms with Crippen LogP contribution in [0.1, 0.15) is 36.0 Å². The van der Waals surface area contributed by atoms with Crippen molar-refractivity contribution in [3.63, 3.8) is 0 Å². The van der Waals surface area contributed by atoms with Crippen LogP contribution in [0.2, 0.25) is 0 Å². The second-order valence-electron chi connectivity index (χ2n) is 4.58. The number of ether oxygens (including phenoxy) is 1. The van der Waals surface area contributed by atoms with E-state index in [1.165, 1.54) is 13.2 Å². The molecule has 0 unspecified atom stereocenters. The van der Waals surface area contributed by atoms with Crippen LogP contribution < -0.4 is 10.1 Å². The predicted octanol–water partition coefficient (Wildman–Crippen LogP) is 2.39. The highest BCUT2D eigenvalue weighted by Crippen LogP contribution is 2.24. The lowest BCUT2D eigenvalue weighted by Crippen LogP contribution is -2.13. The van der Waals surface area contributed by atoms with Crippen molar-refractivity contribution < 1.29 is 22.8 Å². The van der Waals surface area contributed by atoms with Gasteiger partial charge in [-0.15, -0.1) is 0 Å². The summed E-state index contributed by atoms with van der Waals surface area (Å²) in [7, 11) is 1.40. The van der Waals surface area contributed by atoms with E-state index in [9.17, 15) is 13.6 Å². The third kappa shape index (κ3) is 3.36. The Balaban J connectivity index is 2.15. The third-order valence-electron chi connectivity index (χ3n) is 2.65. The van der Waals surface area contributed by atoms with E-state index in [1.54, 1.807) is 0 Å². The van der Waals surface area contributed by atoms with Crippen LogP contribution in [-0.2, 0) is 7.05 Å². The summed E-state index contributed by atoms with van der Waals surface area (Å²) in [6, 6.07) is 1.13. The number of hydrogen-bond donors (Lipinski definition) is 1. The molecule has 1 amide bonds. The van der Waals surface area contributed by atoms with Crippen LogP contribution in [0.5, 0.6) is 5.88 Å². The molecule has 0 radical (unpaired) electrons. The minimum absolute atomic E-state index is 0.0317. The molecule has 7 nitrogen and oxygen atoms in total. The monoisotopic (exact) mass is 300 g/mol. The zero-order valence-corrected chi connectivity index (χ0v) is 11.6. The molecule has 9 heteroatoms. The summed E-state index contributed by atoms with van der Waals surface area (Å²) >= 11 is 0. The fraction of sp³-hybridized carbons (Fsp3) is 0.417. The van der Waals surface area contributed by atoms with Crippen molar-refractivity contribution in [3.05, 3.63) is 23.7 Å². The molecule has 21 heavy (non-hydrogen) atoms. The molecule has 0 atom stereocenters. The summed E-state index contributed by atoms with van der Waals surface area (Å²) in [4.78, 5) is 12.0. The molecular weight excluding hydrogens is 286 g/mol. The van der Waals surface area contributed by atoms with Gasteiger partial charge in [0.2, 0.25) is 5.88 Å². The van der Waals surface area contributed by atoms with E-state index in [0.717, 1.165) is 10.7 Å². The maximum absolute atomic E-state index is 12.2. The minimum atomic E-state index is -2.98. The van der Waals surface area contributed by atoms with Gasteiger partial charge < -0.3 is 14.6 Å². The molecule has 2 aromatic rings. The smallest absolute Gasteiger partial charge is 0.388 e. The molecule has 0 bridgehead atoms. The number of carbonyl (C=O) groups excluding carboxylic acids is 1. The lowest BCUT2D eigenvalue weighted by Gasteiger charge is -2.04. The maximum atomic E-state index is 12.2. The Morgan fingerprint density at radius 3 is 2.81 bits per heavy atom. The normalized spacial score (nSPS) is 11.2. The van der Waals surface area contributed by atoms with Gasteiger partial charge in [-0.1, -0.05) is 19.0 Å². The van der Waals surface area contributed by atoms with Crippen molar-refractivity contribution in [1.29, 1.82) is 0 Å². The van der Waals surface area contributed by atoms with Gasteiger partial charge in [0.05, 0.1) is 6.20 Å². The van der Waals surface area contributed by atoms with E-state index in [2.05, 4.69) is 20.3 Å². The van der Waals surface area contributed by atoms with Gasteiger partial charge in [0.15, 0.2) is 11.5 Å². The van der Waals surface area contributed by atoms with Crippen LogP contribution >= 0.6 is 0 Å². The fourth-order valence-electron chi connectivity index (χ4n) is 1.71. The molecule has 2 heterocycles. The van der Waals surface area contributed by atoms with Crippen molar-refractivity contribution in [2.45, 2.75) is 26.4 Å². The fourth-order valence-corrected chi connectivity index (χ4v) is 1.71. The molecule has 0 fully saturated rings. The zero-order chi connectivity index (χ0) is 15.6. The molecule has 0 spiro atoms. The molecule has 114 valence electrons. The van der Waals surface area contributed by atoms with Crippen molar-refractivity contribution in [3.8, 4) is 5.88 Å². The number of aryl methyl sites for hydroxylation is 1. The average Bonchev–Trinajstić information content (AvgIpc) is 2.96. The van der Waals surface area contributed by atoms with Gasteiger partial charge in [-0.3, -0.25) is 4.79 Å². The first-order valence-corrected chi connectivity index (χ1v) is 6.13. The number of rotatable bonds is 5. The predicted molar refractivity (Wildman–Crippen MR) is 68.4 cm³/mol. The van der Waals surface area contributed by atoms with Crippen LogP contribution in [0.15, 0.2) is 16.8 Å². The van der Waals surface area contributed by atoms with Gasteiger partial charge in [0.1, 0.15) is 5.69 Å². The maximum Gasteiger partial charge on any atom is 0.388 e. The number of nitrogens with one attached hydrogen (secondary N) is 1. The van der Waals surface area contributed by atoms with E-state index in [4.69, 9.17) is 4.52 Å². The number of anilines is 1. The highest BCUT2D eigenvalue weighted by atomic mass is 19.3. The van der Waals surface area contributed by atoms with Gasteiger partial charge in [-0.05, 0) is 0 Å². The molecule has 2 aromatic heterocycles. The molecule has 0 aliphatic heterocycles. The van der Waals surface area contributed by atoms with E-state index in [-0.39, 0.29) is 17.5 Å². The Labute approximate surface area is 118 Å². The molecule has 0 aliphatic carbocycles. The minimum Gasteiger partial charge on any atom is -0.417 e. The molecule has 2 rings (SSSR count). The summed E-state index contributed by atoms with van der Waals surface area (Å²) in [5.74, 6) is -0.225. The van der Waals surface area contributed by atoms with Crippen LogP contribution in [0.3, 0.4) is 0 Å². The number of amides is 1. The Kier molecular flexibility index (Phi) is 4.20. The summed E-state index contributed by atoms with van der Waals surface area (Å²) in [6.45, 7) is 0.777. The van der Waals surface area contributed by atoms with E-state index < -0.39 is 12.5 Å². The van der Waals surface area contributed by atoms with Crippen molar-refractivity contribution in [2.75, 3.05) is 5.32 Å². The quantitative estimate of drug-likeness (QED) is 0.916. The largest absolute Gasteiger partial charge is 0.417 e. The number of aromatic nitrogens is 3. The number of halogens is 2. The summed E-state index contributed by atoms with van der Waals surface area (Å²) in [5, 5.41) is 9.99. The van der Waals surface area contributed by atoms with E-state index >= 15 is 0 Å². The number of alkyl halides is 2. The SMILES string of the molecule is CC(C)c1oncc1NC(=O)c1cc(OC(F)F)n(C)n1. The molecule has 0 aromatic carbocycles. The van der Waals surface area contributed by atoms with Crippen LogP contribution in [0.25, 0.3) is 0 Å². The molecule has 1 N–H and O–H groups in total. The first-order valence-electron chi connectivity index (χ1n) is 6.13. The summed E-state index contributed by atoms with van der Waals surface area (Å²) < 4.78 is 34.7. The lowest BCUT2D eigenvalue weighted by atomic mass is 10.1. The van der Waals surface area contributed by atoms with Gasteiger partial charge in [0.25, 0.3) is 5.91 Å². The number of hydrogen-bond acceptors (Lipinski definition) is 5. The second-order valence-corrected chi connectivity index (χ2v) is 4.58. The zero-order valence-electron chi connectivity index (χ0n) is 11.6. The molecule has 0 aliphatic rings. The van der Waals surface area contributed by atoms with E-state index in [0.29, 0.717) is 11.4 Å². The van der Waals surface area contributed by atoms with Crippen LogP contribution in [0.4, 0.5) is 14.5 Å². The van der Waals surface area contributed by atoms with Crippen LogP contribution in [-0.4, -0.2) is 27.5 Å². The molecule has 0 saturated heterocycles. The Hall–Kier alpha value is -2.45. The number of carbonyl (C=O) groups is 1. The topological polar surface area (TPSA) is 82.2 Å². The Morgan fingerprint density at radius 2 is 2.19 bits per heavy atom. The molecule has 0 saturated carbocycles. The standard InChI is InChI=1S/C12H14F2N4O3/c1-6(2)10-8(5-15-21-10)16-11(19)7-4-9(18(3)17-7)20-12(13)14/h4-6,12H,1-3H3,(H,16,19). The summed E-state index contributed by atoms with van der Waals surface area (Å²) in [6.07, 6.45) is 1.37. The third-order valence-corrected chi connectivity index (χ3v) is 2.65. The molecular formula is C12H14F2N4O3. The Bertz CT molecular complexity index is 636. The summed E-state index contributed by atoms with van der Waals surface area (Å²) in [5.41, 5.74) is 0.362. The van der Waals surface area contributed by atoms with Gasteiger partial charge >= 0.3 is 6.61 Å². The lowest BCUT2D eigenvalue weighted by molar-refractivity contribution is -0.0553. The highest BCUT2D eigenvalue weighted by molar-refractivity contribution is 6.03. The van der Waals surface area contributed by atoms with Gasteiger partial charge in [-0.25, -0.2) is 4.68 Å². The first kappa shape index (κ1) is 14.9. The van der Waals surface area contributed by atoms with Crippen molar-refractivity contribution in [1.82, 2.24) is 14.9 Å². The van der Waals surface area contributed by atoms with E-state index in [1.807, 2.05) is 13.8 Å². The second kappa shape index (κ2) is 5.90. The van der Waals surface area contributed by atoms with Gasteiger partial charge in [-0.2, -0.15) is 13.9 Å².